The molecular formula is C20H35O5P. The summed E-state index contributed by atoms with van der Waals surface area (Å²) in [6, 6.07) is 7.06. The van der Waals surface area contributed by atoms with E-state index in [-0.39, 0.29) is 0 Å². The normalized spacial score (nSPS) is 10.6. The molecule has 0 amide bonds. The van der Waals surface area contributed by atoms with Gasteiger partial charge in [0.25, 0.3) is 6.47 Å². The molecule has 0 saturated carbocycles. The summed E-state index contributed by atoms with van der Waals surface area (Å²) in [5, 5.41) is 0. The molecule has 0 aliphatic carbocycles. The smallest absolute Gasteiger partial charge is 0.332 e. The van der Waals surface area contributed by atoms with E-state index in [4.69, 9.17) is 18.3 Å². The van der Waals surface area contributed by atoms with Gasteiger partial charge in [-0.25, -0.2) is 0 Å². The Labute approximate surface area is 160 Å². The van der Waals surface area contributed by atoms with Crippen molar-refractivity contribution in [2.45, 2.75) is 66.9 Å². The average molecular weight is 386 g/mol. The van der Waals surface area contributed by atoms with Crippen LogP contribution in [-0.2, 0) is 25.0 Å². The number of benzene rings is 1. The first-order chi connectivity index (χ1) is 12.6. The third-order valence-corrected chi connectivity index (χ3v) is 4.75. The summed E-state index contributed by atoms with van der Waals surface area (Å²) in [6.07, 6.45) is 5.52. The third kappa shape index (κ3) is 13.2. The van der Waals surface area contributed by atoms with Crippen LogP contribution in [0.1, 0.15) is 65.9 Å². The van der Waals surface area contributed by atoms with Crippen molar-refractivity contribution in [1.82, 2.24) is 0 Å². The van der Waals surface area contributed by atoms with Gasteiger partial charge in [0.1, 0.15) is 5.75 Å². The van der Waals surface area contributed by atoms with Crippen molar-refractivity contribution in [1.29, 1.82) is 0 Å². The van der Waals surface area contributed by atoms with Crippen molar-refractivity contribution in [2.24, 2.45) is 5.92 Å². The van der Waals surface area contributed by atoms with Crippen molar-refractivity contribution in [2.75, 3.05) is 13.2 Å². The zero-order valence-corrected chi connectivity index (χ0v) is 17.8. The van der Waals surface area contributed by atoms with Crippen LogP contribution >= 0.6 is 8.60 Å². The maximum absolute atomic E-state index is 10.1. The minimum Gasteiger partial charge on any atom is -0.429 e. The van der Waals surface area contributed by atoms with Gasteiger partial charge >= 0.3 is 8.60 Å². The molecule has 0 aliphatic heterocycles. The van der Waals surface area contributed by atoms with Crippen LogP contribution in [0.15, 0.2) is 24.3 Å². The zero-order valence-electron chi connectivity index (χ0n) is 16.9. The van der Waals surface area contributed by atoms with Crippen LogP contribution in [0.5, 0.6) is 5.75 Å². The lowest BCUT2D eigenvalue weighted by atomic mass is 10.0. The third-order valence-electron chi connectivity index (χ3n) is 3.48. The van der Waals surface area contributed by atoms with Crippen molar-refractivity contribution < 1.29 is 23.1 Å². The highest BCUT2D eigenvalue weighted by Gasteiger charge is 2.10. The van der Waals surface area contributed by atoms with Gasteiger partial charge in [-0.2, -0.15) is 0 Å². The molecule has 1 aromatic rings. The second-order valence-corrected chi connectivity index (χ2v) is 7.09. The molecule has 0 atom stereocenters. The fraction of sp³-hybridized carbons (Fsp3) is 0.650. The van der Waals surface area contributed by atoms with Crippen molar-refractivity contribution in [3.8, 4) is 5.75 Å². The molecule has 0 radical (unpaired) electrons. The molecule has 0 spiro atoms. The Hall–Kier alpha value is -1.00. The standard InChI is InChI=1S/C12H17O5P.C8H18/c1-3-15-18(16-4-2)17-9-11-5-7-12(8-6-11)14-10-13;1-4-6-8(3)7-5-2/h5-8,10H,3-4,9H2,1-2H3;8H,4-7H2,1-3H3. The van der Waals surface area contributed by atoms with Gasteiger partial charge in [-0.3, -0.25) is 4.79 Å². The van der Waals surface area contributed by atoms with Crippen LogP contribution in [0, 0.1) is 5.92 Å². The molecule has 0 aliphatic rings. The Kier molecular flexibility index (Phi) is 16.7. The van der Waals surface area contributed by atoms with Gasteiger partial charge in [-0.15, -0.1) is 0 Å². The summed E-state index contributed by atoms with van der Waals surface area (Å²) in [5.41, 5.74) is 0.958. The van der Waals surface area contributed by atoms with Crippen molar-refractivity contribution in [3.05, 3.63) is 29.8 Å². The van der Waals surface area contributed by atoms with E-state index in [0.717, 1.165) is 11.5 Å². The van der Waals surface area contributed by atoms with Gasteiger partial charge in [0, 0.05) is 0 Å². The highest BCUT2D eigenvalue weighted by Crippen LogP contribution is 2.40. The first-order valence-corrected chi connectivity index (χ1v) is 10.6. The summed E-state index contributed by atoms with van der Waals surface area (Å²) in [5.74, 6) is 1.47. The summed E-state index contributed by atoms with van der Waals surface area (Å²) in [4.78, 5) is 10.1. The molecule has 6 heteroatoms. The molecule has 0 N–H and O–H groups in total. The molecule has 1 rings (SSSR count). The lowest BCUT2D eigenvalue weighted by Crippen LogP contribution is -1.96. The molecule has 0 bridgehead atoms. The molecule has 1 aromatic carbocycles. The van der Waals surface area contributed by atoms with E-state index < -0.39 is 8.60 Å². The Morgan fingerprint density at radius 3 is 1.88 bits per heavy atom. The predicted octanol–water partition coefficient (Wildman–Crippen LogP) is 6.26. The van der Waals surface area contributed by atoms with Crippen LogP contribution in [0.2, 0.25) is 0 Å². The second-order valence-electron chi connectivity index (χ2n) is 5.87. The quantitative estimate of drug-likeness (QED) is 0.296. The van der Waals surface area contributed by atoms with E-state index in [1.165, 1.54) is 25.7 Å². The number of carbonyl (C=O) groups is 1. The zero-order chi connectivity index (χ0) is 19.6. The SMILES string of the molecule is CCCC(C)CCC.CCOP(OCC)OCc1ccc(OC=O)cc1. The van der Waals surface area contributed by atoms with Gasteiger partial charge in [0.2, 0.25) is 0 Å². The monoisotopic (exact) mass is 386 g/mol. The second kappa shape index (κ2) is 17.4. The summed E-state index contributed by atoms with van der Waals surface area (Å²) >= 11 is 0. The fourth-order valence-corrected chi connectivity index (χ4v) is 3.20. The van der Waals surface area contributed by atoms with E-state index in [0.29, 0.717) is 32.0 Å². The number of hydrogen-bond donors (Lipinski definition) is 0. The number of rotatable bonds is 13. The maximum atomic E-state index is 10.1. The van der Waals surface area contributed by atoms with Crippen molar-refractivity contribution in [3.63, 3.8) is 0 Å². The Morgan fingerprint density at radius 2 is 1.46 bits per heavy atom. The number of carbonyl (C=O) groups excluding carboxylic acids is 1. The molecule has 0 aromatic heterocycles. The molecule has 0 heterocycles. The number of hydrogen-bond acceptors (Lipinski definition) is 5. The Bertz CT molecular complexity index is 426. The average Bonchev–Trinajstić information content (AvgIpc) is 2.63. The van der Waals surface area contributed by atoms with Gasteiger partial charge in [-0.05, 0) is 37.5 Å². The lowest BCUT2D eigenvalue weighted by molar-refractivity contribution is -0.120. The van der Waals surface area contributed by atoms with E-state index in [1.54, 1.807) is 12.1 Å². The molecule has 26 heavy (non-hydrogen) atoms. The first kappa shape index (κ1) is 25.0. The van der Waals surface area contributed by atoms with E-state index >= 15 is 0 Å². The predicted molar refractivity (Wildman–Crippen MR) is 107 cm³/mol. The highest BCUT2D eigenvalue weighted by molar-refractivity contribution is 7.41. The molecular weight excluding hydrogens is 351 g/mol. The summed E-state index contributed by atoms with van der Waals surface area (Å²) < 4.78 is 20.8. The molecule has 0 saturated heterocycles. The van der Waals surface area contributed by atoms with Gasteiger partial charge < -0.3 is 18.3 Å². The van der Waals surface area contributed by atoms with Crippen LogP contribution in [0.3, 0.4) is 0 Å². The van der Waals surface area contributed by atoms with Crippen LogP contribution < -0.4 is 4.74 Å². The van der Waals surface area contributed by atoms with E-state index in [9.17, 15) is 4.79 Å². The lowest BCUT2D eigenvalue weighted by Gasteiger charge is -2.14. The first-order valence-electron chi connectivity index (χ1n) is 9.49. The van der Waals surface area contributed by atoms with Crippen molar-refractivity contribution >= 4 is 15.1 Å². The van der Waals surface area contributed by atoms with Crippen LogP contribution in [-0.4, -0.2) is 19.7 Å². The molecule has 0 fully saturated rings. The molecule has 5 nitrogen and oxygen atoms in total. The van der Waals surface area contributed by atoms with E-state index in [1.807, 2.05) is 26.0 Å². The van der Waals surface area contributed by atoms with Crippen LogP contribution in [0.4, 0.5) is 0 Å². The Balaban J connectivity index is 0.000000660. The largest absolute Gasteiger partial charge is 0.429 e. The molecule has 150 valence electrons. The van der Waals surface area contributed by atoms with E-state index in [2.05, 4.69) is 20.8 Å². The van der Waals surface area contributed by atoms with Gasteiger partial charge in [0.05, 0.1) is 19.8 Å². The fourth-order valence-electron chi connectivity index (χ4n) is 2.30. The van der Waals surface area contributed by atoms with Gasteiger partial charge in [-0.1, -0.05) is 58.6 Å². The summed E-state index contributed by atoms with van der Waals surface area (Å²) in [7, 11) is -1.29. The maximum Gasteiger partial charge on any atom is 0.332 e. The topological polar surface area (TPSA) is 54.0 Å². The van der Waals surface area contributed by atoms with Crippen LogP contribution in [0.25, 0.3) is 0 Å². The summed E-state index contributed by atoms with van der Waals surface area (Å²) in [6.45, 7) is 12.5. The van der Waals surface area contributed by atoms with Gasteiger partial charge in [0.15, 0.2) is 0 Å². The molecule has 0 unspecified atom stereocenters. The highest BCUT2D eigenvalue weighted by atomic mass is 31.2. The minimum absolute atomic E-state index is 0.396. The number of ether oxygens (including phenoxy) is 1. The minimum atomic E-state index is -1.29. The Morgan fingerprint density at radius 1 is 0.923 bits per heavy atom.